The van der Waals surface area contributed by atoms with Crippen LogP contribution >= 0.6 is 22.9 Å². The van der Waals surface area contributed by atoms with Crippen molar-refractivity contribution in [3.05, 3.63) is 34.2 Å². The molecule has 0 atom stereocenters. The molecule has 0 aliphatic carbocycles. The summed E-state index contributed by atoms with van der Waals surface area (Å²) >= 11 is 7.58. The lowest BCUT2D eigenvalue weighted by Gasteiger charge is -2.15. The van der Waals surface area contributed by atoms with Crippen molar-refractivity contribution in [2.24, 2.45) is 0 Å². The summed E-state index contributed by atoms with van der Waals surface area (Å²) < 4.78 is 1.13. The molecule has 96 valence electrons. The fourth-order valence-corrected chi connectivity index (χ4v) is 2.88. The Bertz CT molecular complexity index is 567. The Morgan fingerprint density at radius 2 is 2.28 bits per heavy atom. The first-order valence-corrected chi connectivity index (χ1v) is 6.88. The molecule has 0 saturated heterocycles. The second-order valence-corrected chi connectivity index (χ2v) is 5.46. The lowest BCUT2D eigenvalue weighted by molar-refractivity contribution is -0.129. The smallest absolute Gasteiger partial charge is 0.226 e. The van der Waals surface area contributed by atoms with Crippen LogP contribution in [0.5, 0.6) is 0 Å². The van der Waals surface area contributed by atoms with E-state index >= 15 is 0 Å². The number of aliphatic hydroxyl groups excluding tert-OH is 1. The number of fused-ring (bicyclic) bond motifs is 1. The van der Waals surface area contributed by atoms with Crippen molar-refractivity contribution in [1.82, 2.24) is 4.90 Å². The van der Waals surface area contributed by atoms with E-state index in [9.17, 15) is 4.79 Å². The van der Waals surface area contributed by atoms with Gasteiger partial charge in [-0.25, -0.2) is 0 Å². The lowest BCUT2D eigenvalue weighted by atomic mass is 10.1. The number of thiophene rings is 1. The van der Waals surface area contributed by atoms with E-state index in [-0.39, 0.29) is 12.5 Å². The van der Waals surface area contributed by atoms with Gasteiger partial charge in [-0.1, -0.05) is 11.6 Å². The van der Waals surface area contributed by atoms with Crippen LogP contribution in [0.4, 0.5) is 0 Å². The van der Waals surface area contributed by atoms with Gasteiger partial charge in [0.05, 0.1) is 13.0 Å². The first-order valence-electron chi connectivity index (χ1n) is 5.62. The number of likely N-dealkylation sites (N-methyl/N-ethyl adjacent to an activating group) is 1. The Morgan fingerprint density at radius 1 is 1.50 bits per heavy atom. The molecule has 1 N–H and O–H groups in total. The van der Waals surface area contributed by atoms with Crippen LogP contribution in [0.25, 0.3) is 10.1 Å². The van der Waals surface area contributed by atoms with Crippen molar-refractivity contribution in [3.8, 4) is 0 Å². The summed E-state index contributed by atoms with van der Waals surface area (Å²) in [4.78, 5) is 13.5. The normalized spacial score (nSPS) is 10.8. The van der Waals surface area contributed by atoms with Crippen molar-refractivity contribution in [3.63, 3.8) is 0 Å². The number of halogens is 1. The van der Waals surface area contributed by atoms with Crippen LogP contribution < -0.4 is 0 Å². The predicted molar refractivity (Wildman–Crippen MR) is 75.3 cm³/mol. The highest BCUT2D eigenvalue weighted by molar-refractivity contribution is 7.17. The first kappa shape index (κ1) is 13.3. The van der Waals surface area contributed by atoms with E-state index in [0.717, 1.165) is 15.6 Å². The third-order valence-electron chi connectivity index (χ3n) is 2.82. The van der Waals surface area contributed by atoms with Crippen molar-refractivity contribution < 1.29 is 9.90 Å². The standard InChI is InChI=1S/C13H14ClNO2S/c1-15(4-5-16)13(17)6-9-8-18-12-3-2-10(14)7-11(9)12/h2-3,7-8,16H,4-6H2,1H3. The molecule has 0 fully saturated rings. The number of benzene rings is 1. The van der Waals surface area contributed by atoms with Crippen molar-refractivity contribution >= 4 is 38.9 Å². The molecular weight excluding hydrogens is 270 g/mol. The van der Waals surface area contributed by atoms with Gasteiger partial charge in [0.15, 0.2) is 0 Å². The van der Waals surface area contributed by atoms with Gasteiger partial charge in [-0.3, -0.25) is 4.79 Å². The van der Waals surface area contributed by atoms with Crippen molar-refractivity contribution in [2.45, 2.75) is 6.42 Å². The topological polar surface area (TPSA) is 40.5 Å². The summed E-state index contributed by atoms with van der Waals surface area (Å²) in [6.07, 6.45) is 0.344. The Labute approximate surface area is 115 Å². The van der Waals surface area contributed by atoms with E-state index in [2.05, 4.69) is 0 Å². The molecule has 0 bridgehead atoms. The van der Waals surface area contributed by atoms with E-state index in [1.54, 1.807) is 18.4 Å². The minimum atomic E-state index is -0.0154. The second-order valence-electron chi connectivity index (χ2n) is 4.12. The molecule has 1 heterocycles. The van der Waals surface area contributed by atoms with Gasteiger partial charge in [0.1, 0.15) is 0 Å². The van der Waals surface area contributed by atoms with Gasteiger partial charge in [-0.05, 0) is 34.5 Å². The second kappa shape index (κ2) is 5.69. The zero-order valence-corrected chi connectivity index (χ0v) is 11.6. The summed E-state index contributed by atoms with van der Waals surface area (Å²) in [6, 6.07) is 5.71. The number of carbonyl (C=O) groups is 1. The fourth-order valence-electron chi connectivity index (χ4n) is 1.76. The van der Waals surface area contributed by atoms with Crippen LogP contribution in [0.1, 0.15) is 5.56 Å². The molecule has 0 unspecified atom stereocenters. The van der Waals surface area contributed by atoms with E-state index in [1.165, 1.54) is 4.90 Å². The number of aliphatic hydroxyl groups is 1. The highest BCUT2D eigenvalue weighted by Gasteiger charge is 2.12. The molecule has 1 amide bonds. The van der Waals surface area contributed by atoms with Crippen LogP contribution in [0, 0.1) is 0 Å². The maximum atomic E-state index is 11.9. The minimum absolute atomic E-state index is 0.00345. The van der Waals surface area contributed by atoms with Gasteiger partial charge >= 0.3 is 0 Å². The molecule has 0 radical (unpaired) electrons. The summed E-state index contributed by atoms with van der Waals surface area (Å²) in [5.41, 5.74) is 0.993. The average molecular weight is 284 g/mol. The van der Waals surface area contributed by atoms with E-state index < -0.39 is 0 Å². The number of hydrogen-bond donors (Lipinski definition) is 1. The fraction of sp³-hybridized carbons (Fsp3) is 0.308. The highest BCUT2D eigenvalue weighted by Crippen LogP contribution is 2.29. The van der Waals surface area contributed by atoms with Crippen LogP contribution in [0.3, 0.4) is 0 Å². The van der Waals surface area contributed by atoms with Crippen LogP contribution in [-0.2, 0) is 11.2 Å². The van der Waals surface area contributed by atoms with Gasteiger partial charge in [0.2, 0.25) is 5.91 Å². The van der Waals surface area contributed by atoms with Crippen molar-refractivity contribution in [2.75, 3.05) is 20.2 Å². The molecule has 0 aliphatic heterocycles. The maximum Gasteiger partial charge on any atom is 0.226 e. The molecule has 0 spiro atoms. The Morgan fingerprint density at radius 3 is 3.00 bits per heavy atom. The predicted octanol–water partition coefficient (Wildman–Crippen LogP) is 2.55. The zero-order valence-electron chi connectivity index (χ0n) is 10.0. The molecule has 3 nitrogen and oxygen atoms in total. The van der Waals surface area contributed by atoms with Gasteiger partial charge in [-0.15, -0.1) is 11.3 Å². The SMILES string of the molecule is CN(CCO)C(=O)Cc1csc2ccc(Cl)cc12. The molecule has 18 heavy (non-hydrogen) atoms. The molecule has 0 aliphatic rings. The van der Waals surface area contributed by atoms with Gasteiger partial charge in [-0.2, -0.15) is 0 Å². The largest absolute Gasteiger partial charge is 0.395 e. The molecule has 2 rings (SSSR count). The summed E-state index contributed by atoms with van der Waals surface area (Å²) in [5, 5.41) is 12.5. The van der Waals surface area contributed by atoms with Crippen LogP contribution in [-0.4, -0.2) is 36.1 Å². The third kappa shape index (κ3) is 2.83. The van der Waals surface area contributed by atoms with Crippen LogP contribution in [0.15, 0.2) is 23.6 Å². The van der Waals surface area contributed by atoms with Gasteiger partial charge in [0, 0.05) is 23.3 Å². The minimum Gasteiger partial charge on any atom is -0.395 e. The summed E-state index contributed by atoms with van der Waals surface area (Å²) in [5.74, 6) is 0.00345. The van der Waals surface area contributed by atoms with E-state index in [0.29, 0.717) is 18.0 Å². The molecular formula is C13H14ClNO2S. The number of hydrogen-bond acceptors (Lipinski definition) is 3. The number of carbonyl (C=O) groups excluding carboxylic acids is 1. The molecule has 5 heteroatoms. The average Bonchev–Trinajstić information content (AvgIpc) is 2.72. The Balaban J connectivity index is 2.21. The molecule has 2 aromatic rings. The van der Waals surface area contributed by atoms with E-state index in [1.807, 2.05) is 23.6 Å². The van der Waals surface area contributed by atoms with Gasteiger partial charge in [0.25, 0.3) is 0 Å². The number of amides is 1. The quantitative estimate of drug-likeness (QED) is 0.937. The highest BCUT2D eigenvalue weighted by atomic mass is 35.5. The third-order valence-corrected chi connectivity index (χ3v) is 4.07. The molecule has 1 aromatic heterocycles. The number of nitrogens with zero attached hydrogens (tertiary/aromatic N) is 1. The summed E-state index contributed by atoms with van der Waals surface area (Å²) in [7, 11) is 1.69. The Hall–Kier alpha value is -1.10. The zero-order chi connectivity index (χ0) is 13.1. The van der Waals surface area contributed by atoms with Crippen LogP contribution in [0.2, 0.25) is 5.02 Å². The molecule has 1 aromatic carbocycles. The van der Waals surface area contributed by atoms with E-state index in [4.69, 9.17) is 16.7 Å². The van der Waals surface area contributed by atoms with Gasteiger partial charge < -0.3 is 10.0 Å². The maximum absolute atomic E-state index is 11.9. The lowest BCUT2D eigenvalue weighted by Crippen LogP contribution is -2.30. The first-order chi connectivity index (χ1) is 8.61. The monoisotopic (exact) mass is 283 g/mol. The van der Waals surface area contributed by atoms with Crippen molar-refractivity contribution in [1.29, 1.82) is 0 Å². The molecule has 0 saturated carbocycles. The Kier molecular flexibility index (Phi) is 4.22. The summed E-state index contributed by atoms with van der Waals surface area (Å²) in [6.45, 7) is 0.347. The number of rotatable bonds is 4.